The molecule has 0 heterocycles. The number of non-ortho nitro benzene ring substituents is 1. The molecular formula is C17H14N2O5. The van der Waals surface area contributed by atoms with Crippen LogP contribution in [-0.2, 0) is 11.3 Å². The van der Waals surface area contributed by atoms with E-state index in [4.69, 9.17) is 5.11 Å². The molecule has 0 aliphatic rings. The standard InChI is InChI=1S/C17H14N2O5/c20-16(10-5-12-3-8-15(9-4-12)19(23)24)18-11-13-1-6-14(7-2-13)17(21)22/h1-10H,11H2,(H,18,20)(H,21,22). The Morgan fingerprint density at radius 2 is 1.71 bits per heavy atom. The molecule has 122 valence electrons. The summed E-state index contributed by atoms with van der Waals surface area (Å²) < 4.78 is 0. The number of hydrogen-bond donors (Lipinski definition) is 2. The van der Waals surface area contributed by atoms with Gasteiger partial charge in [-0.25, -0.2) is 4.79 Å². The van der Waals surface area contributed by atoms with Gasteiger partial charge in [-0.2, -0.15) is 0 Å². The van der Waals surface area contributed by atoms with Gasteiger partial charge in [-0.15, -0.1) is 0 Å². The smallest absolute Gasteiger partial charge is 0.335 e. The Balaban J connectivity index is 1.88. The number of nitro groups is 1. The van der Waals surface area contributed by atoms with Crippen molar-refractivity contribution in [3.63, 3.8) is 0 Å². The molecule has 24 heavy (non-hydrogen) atoms. The first-order chi connectivity index (χ1) is 11.5. The molecule has 0 saturated carbocycles. The Bertz CT molecular complexity index is 780. The predicted octanol–water partition coefficient (Wildman–Crippen LogP) is 2.62. The number of carboxylic acids is 1. The summed E-state index contributed by atoms with van der Waals surface area (Å²) in [5.74, 6) is -1.33. The van der Waals surface area contributed by atoms with Crippen LogP contribution < -0.4 is 5.32 Å². The number of carboxylic acid groups (broad SMARTS) is 1. The summed E-state index contributed by atoms with van der Waals surface area (Å²) in [5.41, 5.74) is 1.61. The number of nitrogens with one attached hydrogen (secondary N) is 1. The van der Waals surface area contributed by atoms with Crippen LogP contribution in [0, 0.1) is 10.1 Å². The molecule has 0 spiro atoms. The highest BCUT2D eigenvalue weighted by molar-refractivity contribution is 5.91. The van der Waals surface area contributed by atoms with Gasteiger partial charge in [0.2, 0.25) is 5.91 Å². The Labute approximate surface area is 137 Å². The molecule has 0 aliphatic carbocycles. The second-order valence-electron chi connectivity index (χ2n) is 4.90. The summed E-state index contributed by atoms with van der Waals surface area (Å²) in [6.07, 6.45) is 2.87. The van der Waals surface area contributed by atoms with Gasteiger partial charge in [0.15, 0.2) is 0 Å². The number of nitrogens with zero attached hydrogens (tertiary/aromatic N) is 1. The third-order valence-electron chi connectivity index (χ3n) is 3.20. The molecule has 0 aromatic heterocycles. The highest BCUT2D eigenvalue weighted by Crippen LogP contribution is 2.12. The van der Waals surface area contributed by atoms with Gasteiger partial charge in [-0.1, -0.05) is 12.1 Å². The van der Waals surface area contributed by atoms with Crippen molar-refractivity contribution >= 4 is 23.6 Å². The second kappa shape index (κ2) is 7.68. The van der Waals surface area contributed by atoms with Crippen molar-refractivity contribution in [3.05, 3.63) is 81.4 Å². The van der Waals surface area contributed by atoms with Gasteiger partial charge < -0.3 is 10.4 Å². The van der Waals surface area contributed by atoms with E-state index in [0.717, 1.165) is 5.56 Å². The molecule has 1 amide bonds. The maximum Gasteiger partial charge on any atom is 0.335 e. The highest BCUT2D eigenvalue weighted by atomic mass is 16.6. The largest absolute Gasteiger partial charge is 0.478 e. The summed E-state index contributed by atoms with van der Waals surface area (Å²) in [4.78, 5) is 32.5. The number of rotatable bonds is 6. The van der Waals surface area contributed by atoms with Crippen LogP contribution >= 0.6 is 0 Å². The van der Waals surface area contributed by atoms with Crippen molar-refractivity contribution in [2.24, 2.45) is 0 Å². The van der Waals surface area contributed by atoms with E-state index in [0.29, 0.717) is 5.56 Å². The fraction of sp³-hybridized carbons (Fsp3) is 0.0588. The van der Waals surface area contributed by atoms with E-state index in [-0.39, 0.29) is 23.7 Å². The summed E-state index contributed by atoms with van der Waals surface area (Å²) in [5, 5.41) is 22.0. The van der Waals surface area contributed by atoms with Crippen molar-refractivity contribution in [3.8, 4) is 0 Å². The quantitative estimate of drug-likeness (QED) is 0.482. The van der Waals surface area contributed by atoms with Crippen LogP contribution in [0.2, 0.25) is 0 Å². The van der Waals surface area contributed by atoms with E-state index in [9.17, 15) is 19.7 Å². The van der Waals surface area contributed by atoms with E-state index < -0.39 is 10.9 Å². The molecule has 0 aliphatic heterocycles. The van der Waals surface area contributed by atoms with E-state index in [1.54, 1.807) is 30.3 Å². The second-order valence-corrected chi connectivity index (χ2v) is 4.90. The Kier molecular flexibility index (Phi) is 5.40. The average molecular weight is 326 g/mol. The van der Waals surface area contributed by atoms with Crippen LogP contribution in [0.4, 0.5) is 5.69 Å². The molecule has 0 atom stereocenters. The number of amides is 1. The van der Waals surface area contributed by atoms with Gasteiger partial charge in [0.25, 0.3) is 5.69 Å². The van der Waals surface area contributed by atoms with Gasteiger partial charge in [0, 0.05) is 24.8 Å². The molecule has 2 rings (SSSR count). The molecule has 2 aromatic rings. The minimum atomic E-state index is -1.00. The van der Waals surface area contributed by atoms with E-state index in [1.807, 2.05) is 0 Å². The molecule has 0 bridgehead atoms. The highest BCUT2D eigenvalue weighted by Gasteiger charge is 2.04. The number of hydrogen-bond acceptors (Lipinski definition) is 4. The number of benzene rings is 2. The lowest BCUT2D eigenvalue weighted by molar-refractivity contribution is -0.384. The van der Waals surface area contributed by atoms with Gasteiger partial charge in [0.05, 0.1) is 10.5 Å². The zero-order valence-corrected chi connectivity index (χ0v) is 12.5. The van der Waals surface area contributed by atoms with Crippen LogP contribution in [-0.4, -0.2) is 21.9 Å². The maximum atomic E-state index is 11.7. The van der Waals surface area contributed by atoms with Gasteiger partial charge >= 0.3 is 5.97 Å². The molecule has 0 radical (unpaired) electrons. The molecule has 0 fully saturated rings. The fourth-order valence-electron chi connectivity index (χ4n) is 1.89. The SMILES string of the molecule is O=C(C=Cc1ccc([N+](=O)[O-])cc1)NCc1ccc(C(=O)O)cc1. The average Bonchev–Trinajstić information content (AvgIpc) is 2.58. The van der Waals surface area contributed by atoms with Crippen molar-refractivity contribution < 1.29 is 19.6 Å². The Morgan fingerprint density at radius 3 is 2.25 bits per heavy atom. The maximum absolute atomic E-state index is 11.7. The van der Waals surface area contributed by atoms with Crippen molar-refractivity contribution in [1.29, 1.82) is 0 Å². The third kappa shape index (κ3) is 4.77. The molecule has 7 heteroatoms. The fourth-order valence-corrected chi connectivity index (χ4v) is 1.89. The summed E-state index contributed by atoms with van der Waals surface area (Å²) in [6.45, 7) is 0.267. The van der Waals surface area contributed by atoms with Gasteiger partial charge in [-0.05, 0) is 41.5 Å². The van der Waals surface area contributed by atoms with Crippen LogP contribution in [0.1, 0.15) is 21.5 Å². The predicted molar refractivity (Wildman–Crippen MR) is 87.4 cm³/mol. The third-order valence-corrected chi connectivity index (χ3v) is 3.20. The van der Waals surface area contributed by atoms with Crippen LogP contribution in [0.15, 0.2) is 54.6 Å². The van der Waals surface area contributed by atoms with Crippen LogP contribution in [0.25, 0.3) is 6.08 Å². The lowest BCUT2D eigenvalue weighted by Crippen LogP contribution is -2.20. The minimum Gasteiger partial charge on any atom is -0.478 e. The molecule has 0 unspecified atom stereocenters. The monoisotopic (exact) mass is 326 g/mol. The summed E-state index contributed by atoms with van der Waals surface area (Å²) in [7, 11) is 0. The van der Waals surface area contributed by atoms with Crippen molar-refractivity contribution in [1.82, 2.24) is 5.32 Å². The van der Waals surface area contributed by atoms with E-state index >= 15 is 0 Å². The number of aromatic carboxylic acids is 1. The normalized spacial score (nSPS) is 10.5. The zero-order valence-electron chi connectivity index (χ0n) is 12.5. The van der Waals surface area contributed by atoms with Crippen molar-refractivity contribution in [2.75, 3.05) is 0 Å². The minimum absolute atomic E-state index is 0.0126. The van der Waals surface area contributed by atoms with Crippen LogP contribution in [0.5, 0.6) is 0 Å². The Hall–Kier alpha value is -3.48. The van der Waals surface area contributed by atoms with Crippen LogP contribution in [0.3, 0.4) is 0 Å². The topological polar surface area (TPSA) is 110 Å². The van der Waals surface area contributed by atoms with Gasteiger partial charge in [-0.3, -0.25) is 14.9 Å². The first-order valence-electron chi connectivity index (χ1n) is 6.98. The first kappa shape index (κ1) is 16.9. The molecular weight excluding hydrogens is 312 g/mol. The van der Waals surface area contributed by atoms with E-state index in [2.05, 4.69) is 5.32 Å². The summed E-state index contributed by atoms with van der Waals surface area (Å²) >= 11 is 0. The van der Waals surface area contributed by atoms with E-state index in [1.165, 1.54) is 30.3 Å². The molecule has 2 N–H and O–H groups in total. The first-order valence-corrected chi connectivity index (χ1v) is 6.98. The molecule has 7 nitrogen and oxygen atoms in total. The lowest BCUT2D eigenvalue weighted by atomic mass is 10.1. The molecule has 0 saturated heterocycles. The van der Waals surface area contributed by atoms with Gasteiger partial charge in [0.1, 0.15) is 0 Å². The number of carbonyl (C=O) groups excluding carboxylic acids is 1. The molecule has 2 aromatic carbocycles. The Morgan fingerprint density at radius 1 is 1.08 bits per heavy atom. The number of carbonyl (C=O) groups is 2. The van der Waals surface area contributed by atoms with Crippen molar-refractivity contribution in [2.45, 2.75) is 6.54 Å². The lowest BCUT2D eigenvalue weighted by Gasteiger charge is -2.03. The zero-order chi connectivity index (χ0) is 17.5. The summed E-state index contributed by atoms with van der Waals surface area (Å²) in [6, 6.07) is 12.0. The number of nitro benzene ring substituents is 1.